The van der Waals surface area contributed by atoms with Gasteiger partial charge in [-0.25, -0.2) is 4.68 Å². The third-order valence-electron chi connectivity index (χ3n) is 3.93. The summed E-state index contributed by atoms with van der Waals surface area (Å²) in [6, 6.07) is 10.0. The minimum atomic E-state index is 0.373. The van der Waals surface area contributed by atoms with Crippen molar-refractivity contribution >= 4 is 11.0 Å². The summed E-state index contributed by atoms with van der Waals surface area (Å²) < 4.78 is 13.1. The van der Waals surface area contributed by atoms with Gasteiger partial charge in [0.1, 0.15) is 17.9 Å². The number of fused-ring (bicyclic) bond motifs is 1. The number of rotatable bonds is 3. The largest absolute Gasteiger partial charge is 0.459 e. The normalized spacial score (nSPS) is 16.6. The molecule has 6 heteroatoms. The molecule has 0 saturated carbocycles. The highest BCUT2D eigenvalue weighted by atomic mass is 16.5. The molecule has 1 aliphatic heterocycles. The molecule has 0 atom stereocenters. The maximum atomic E-state index is 5.84. The molecule has 0 aliphatic carbocycles. The topological polar surface area (TPSA) is 66.0 Å². The van der Waals surface area contributed by atoms with Crippen LogP contribution < -0.4 is 0 Å². The van der Waals surface area contributed by atoms with E-state index in [-0.39, 0.29) is 0 Å². The highest BCUT2D eigenvalue weighted by molar-refractivity contribution is 5.77. The van der Waals surface area contributed by atoms with Gasteiger partial charge in [0.05, 0.1) is 0 Å². The Bertz CT molecular complexity index is 710. The fourth-order valence-corrected chi connectivity index (χ4v) is 2.83. The zero-order chi connectivity index (χ0) is 14.1. The number of hydrogen-bond acceptors (Lipinski definition) is 5. The molecule has 108 valence electrons. The third-order valence-corrected chi connectivity index (χ3v) is 3.93. The predicted octanol–water partition coefficient (Wildman–Crippen LogP) is 2.36. The molecule has 0 spiro atoms. The Hall–Kier alpha value is -2.21. The van der Waals surface area contributed by atoms with Crippen molar-refractivity contribution in [3.63, 3.8) is 0 Å². The van der Waals surface area contributed by atoms with E-state index in [1.807, 2.05) is 35.0 Å². The molecule has 1 aliphatic rings. The predicted molar refractivity (Wildman–Crippen MR) is 75.9 cm³/mol. The van der Waals surface area contributed by atoms with E-state index < -0.39 is 0 Å². The van der Waals surface area contributed by atoms with E-state index in [2.05, 4.69) is 15.5 Å². The summed E-state index contributed by atoms with van der Waals surface area (Å²) >= 11 is 0. The van der Waals surface area contributed by atoms with Gasteiger partial charge in [-0.2, -0.15) is 0 Å². The van der Waals surface area contributed by atoms with Crippen molar-refractivity contribution in [2.45, 2.75) is 25.3 Å². The molecular formula is C15H16N4O2. The van der Waals surface area contributed by atoms with Crippen LogP contribution in [-0.4, -0.2) is 33.4 Å². The van der Waals surface area contributed by atoms with Gasteiger partial charge >= 0.3 is 0 Å². The molecule has 0 radical (unpaired) electrons. The Morgan fingerprint density at radius 2 is 2.05 bits per heavy atom. The lowest BCUT2D eigenvalue weighted by atomic mass is 9.99. The minimum Gasteiger partial charge on any atom is -0.459 e. The molecule has 0 amide bonds. The molecular weight excluding hydrogens is 268 g/mol. The Morgan fingerprint density at radius 1 is 1.19 bits per heavy atom. The van der Waals surface area contributed by atoms with Gasteiger partial charge in [0.2, 0.25) is 0 Å². The lowest BCUT2D eigenvalue weighted by Crippen LogP contribution is -2.19. The van der Waals surface area contributed by atoms with Crippen LogP contribution in [0.3, 0.4) is 0 Å². The van der Waals surface area contributed by atoms with Crippen molar-refractivity contribution in [3.05, 3.63) is 41.9 Å². The van der Waals surface area contributed by atoms with Crippen molar-refractivity contribution in [2.75, 3.05) is 13.2 Å². The van der Waals surface area contributed by atoms with Gasteiger partial charge < -0.3 is 9.15 Å². The molecule has 0 N–H and O–H groups in total. The quantitative estimate of drug-likeness (QED) is 0.738. The number of nitrogens with zero attached hydrogens (tertiary/aromatic N) is 4. The summed E-state index contributed by atoms with van der Waals surface area (Å²) in [5, 5.41) is 13.2. The molecule has 21 heavy (non-hydrogen) atoms. The van der Waals surface area contributed by atoms with E-state index in [0.29, 0.717) is 12.5 Å². The summed E-state index contributed by atoms with van der Waals surface area (Å²) in [6.45, 7) is 2.12. The van der Waals surface area contributed by atoms with Crippen LogP contribution in [-0.2, 0) is 11.3 Å². The molecule has 1 fully saturated rings. The zero-order valence-corrected chi connectivity index (χ0v) is 11.6. The van der Waals surface area contributed by atoms with E-state index in [4.69, 9.17) is 9.15 Å². The number of hydrogen-bond donors (Lipinski definition) is 0. The van der Waals surface area contributed by atoms with Gasteiger partial charge in [0.25, 0.3) is 0 Å². The summed E-state index contributed by atoms with van der Waals surface area (Å²) in [6.07, 6.45) is 1.95. The SMILES string of the molecule is c1ccc2oc(Cn3nnnc3C3CCOCC3)cc2c1. The van der Waals surface area contributed by atoms with Crippen molar-refractivity contribution in [3.8, 4) is 0 Å². The van der Waals surface area contributed by atoms with E-state index in [9.17, 15) is 0 Å². The Balaban J connectivity index is 1.60. The first kappa shape index (κ1) is 12.5. The second kappa shape index (κ2) is 5.29. The van der Waals surface area contributed by atoms with E-state index in [0.717, 1.165) is 48.6 Å². The van der Waals surface area contributed by atoms with Crippen LogP contribution in [0.5, 0.6) is 0 Å². The zero-order valence-electron chi connectivity index (χ0n) is 11.6. The summed E-state index contributed by atoms with van der Waals surface area (Å²) in [7, 11) is 0. The highest BCUT2D eigenvalue weighted by Crippen LogP contribution is 2.26. The van der Waals surface area contributed by atoms with Crippen LogP contribution >= 0.6 is 0 Å². The molecule has 1 saturated heterocycles. The number of aromatic nitrogens is 4. The van der Waals surface area contributed by atoms with E-state index in [1.54, 1.807) is 0 Å². The van der Waals surface area contributed by atoms with E-state index >= 15 is 0 Å². The first-order valence-electron chi connectivity index (χ1n) is 7.21. The van der Waals surface area contributed by atoms with Crippen LogP contribution in [0.2, 0.25) is 0 Å². The Labute approximate surface area is 121 Å². The average molecular weight is 284 g/mol. The average Bonchev–Trinajstić information content (AvgIpc) is 3.14. The van der Waals surface area contributed by atoms with Crippen LogP contribution in [0.4, 0.5) is 0 Å². The molecule has 1 aromatic carbocycles. The van der Waals surface area contributed by atoms with Crippen LogP contribution in [0.15, 0.2) is 34.7 Å². The molecule has 4 rings (SSSR count). The standard InChI is InChI=1S/C15H16N4O2/c1-2-4-14-12(3-1)9-13(21-14)10-19-15(16-17-18-19)11-5-7-20-8-6-11/h1-4,9,11H,5-8,10H2. The van der Waals surface area contributed by atoms with Gasteiger partial charge in [0, 0.05) is 24.5 Å². The van der Waals surface area contributed by atoms with Crippen LogP contribution in [0.25, 0.3) is 11.0 Å². The molecule has 0 unspecified atom stereocenters. The minimum absolute atomic E-state index is 0.373. The summed E-state index contributed by atoms with van der Waals surface area (Å²) in [5.74, 6) is 2.17. The maximum Gasteiger partial charge on any atom is 0.155 e. The van der Waals surface area contributed by atoms with Gasteiger partial charge in [-0.3, -0.25) is 0 Å². The molecule has 3 heterocycles. The van der Waals surface area contributed by atoms with Crippen molar-refractivity contribution < 1.29 is 9.15 Å². The summed E-state index contributed by atoms with van der Waals surface area (Å²) in [4.78, 5) is 0. The molecule has 6 nitrogen and oxygen atoms in total. The number of para-hydroxylation sites is 1. The Morgan fingerprint density at radius 3 is 2.90 bits per heavy atom. The van der Waals surface area contributed by atoms with Crippen molar-refractivity contribution in [1.29, 1.82) is 0 Å². The van der Waals surface area contributed by atoms with Crippen molar-refractivity contribution in [1.82, 2.24) is 20.2 Å². The number of ether oxygens (including phenoxy) is 1. The fourth-order valence-electron chi connectivity index (χ4n) is 2.83. The second-order valence-corrected chi connectivity index (χ2v) is 5.33. The third kappa shape index (κ3) is 2.42. The maximum absolute atomic E-state index is 5.84. The number of benzene rings is 1. The van der Waals surface area contributed by atoms with Gasteiger partial charge in [0.15, 0.2) is 5.82 Å². The first-order valence-corrected chi connectivity index (χ1v) is 7.21. The smallest absolute Gasteiger partial charge is 0.155 e. The lowest BCUT2D eigenvalue weighted by Gasteiger charge is -2.20. The monoisotopic (exact) mass is 284 g/mol. The second-order valence-electron chi connectivity index (χ2n) is 5.33. The molecule has 2 aromatic heterocycles. The van der Waals surface area contributed by atoms with Crippen molar-refractivity contribution in [2.24, 2.45) is 0 Å². The molecule has 3 aromatic rings. The van der Waals surface area contributed by atoms with Gasteiger partial charge in [-0.1, -0.05) is 18.2 Å². The summed E-state index contributed by atoms with van der Waals surface area (Å²) in [5.41, 5.74) is 0.896. The number of furan rings is 1. The lowest BCUT2D eigenvalue weighted by molar-refractivity contribution is 0.0826. The van der Waals surface area contributed by atoms with Gasteiger partial charge in [-0.15, -0.1) is 5.10 Å². The highest BCUT2D eigenvalue weighted by Gasteiger charge is 2.22. The van der Waals surface area contributed by atoms with Gasteiger partial charge in [-0.05, 0) is 35.4 Å². The van der Waals surface area contributed by atoms with E-state index in [1.165, 1.54) is 0 Å². The van der Waals surface area contributed by atoms with Crippen LogP contribution in [0, 0.1) is 0 Å². The number of tetrazole rings is 1. The fraction of sp³-hybridized carbons (Fsp3) is 0.400. The first-order chi connectivity index (χ1) is 10.4. The van der Waals surface area contributed by atoms with Crippen LogP contribution in [0.1, 0.15) is 30.3 Å². The Kier molecular flexibility index (Phi) is 3.16. The molecule has 0 bridgehead atoms.